The highest BCUT2D eigenvalue weighted by Crippen LogP contribution is 2.35. The van der Waals surface area contributed by atoms with E-state index in [9.17, 15) is 8.42 Å². The second kappa shape index (κ2) is 7.78. The Morgan fingerprint density at radius 1 is 1.03 bits per heavy atom. The Balaban J connectivity index is 1.55. The first-order valence-electron chi connectivity index (χ1n) is 9.18. The molecule has 3 aromatic rings. The normalized spacial score (nSPS) is 14.8. The minimum Gasteiger partial charge on any atom is -0.497 e. The van der Waals surface area contributed by atoms with Crippen molar-refractivity contribution in [2.45, 2.75) is 36.7 Å². The first-order valence-corrected chi connectivity index (χ1v) is 10.7. The average Bonchev–Trinajstić information content (AvgIpc) is 3.48. The Hall–Kier alpha value is -3.01. The molecule has 1 aliphatic carbocycles. The van der Waals surface area contributed by atoms with Crippen molar-refractivity contribution in [3.63, 3.8) is 0 Å². The van der Waals surface area contributed by atoms with E-state index < -0.39 is 10.0 Å². The highest BCUT2D eigenvalue weighted by Gasteiger charge is 2.26. The monoisotopic (exact) mass is 419 g/mol. The molecule has 0 saturated heterocycles. The molecule has 0 aliphatic heterocycles. The number of sulfonamides is 1. The van der Waals surface area contributed by atoms with Crippen LogP contribution in [0.2, 0.25) is 0 Å². The van der Waals surface area contributed by atoms with E-state index in [0.29, 0.717) is 17.4 Å². The minimum absolute atomic E-state index is 0.162. The van der Waals surface area contributed by atoms with Gasteiger partial charge >= 0.3 is 0 Å². The van der Waals surface area contributed by atoms with Crippen molar-refractivity contribution >= 4 is 15.7 Å². The highest BCUT2D eigenvalue weighted by atomic mass is 32.2. The van der Waals surface area contributed by atoms with Crippen LogP contribution in [0.4, 0.5) is 5.69 Å². The molecule has 0 amide bonds. The summed E-state index contributed by atoms with van der Waals surface area (Å²) >= 11 is 0. The second-order valence-electron chi connectivity index (χ2n) is 6.72. The minimum atomic E-state index is -3.99. The lowest BCUT2D eigenvalue weighted by Gasteiger charge is -2.11. The van der Waals surface area contributed by atoms with Gasteiger partial charge < -0.3 is 18.3 Å². The Kier molecular flexibility index (Phi) is 5.18. The number of methoxy groups -OCH3 is 2. The Morgan fingerprint density at radius 3 is 2.55 bits per heavy atom. The molecule has 2 aromatic heterocycles. The zero-order valence-electron chi connectivity index (χ0n) is 16.0. The van der Waals surface area contributed by atoms with E-state index in [1.807, 2.05) is 0 Å². The van der Waals surface area contributed by atoms with Gasteiger partial charge in [-0.25, -0.2) is 0 Å². The fourth-order valence-corrected chi connectivity index (χ4v) is 4.33. The maximum atomic E-state index is 12.7. The van der Waals surface area contributed by atoms with Gasteiger partial charge in [-0.1, -0.05) is 12.8 Å². The smallest absolute Gasteiger partial charge is 0.295 e. The molecular weight excluding hydrogens is 398 g/mol. The van der Waals surface area contributed by atoms with Gasteiger partial charge in [-0.15, -0.1) is 10.2 Å². The van der Waals surface area contributed by atoms with E-state index in [0.717, 1.165) is 25.7 Å². The molecule has 1 aliphatic rings. The lowest BCUT2D eigenvalue weighted by Crippen LogP contribution is -2.12. The molecule has 0 spiro atoms. The molecule has 0 radical (unpaired) electrons. The molecule has 1 N–H and O–H groups in total. The summed E-state index contributed by atoms with van der Waals surface area (Å²) in [5, 5.41) is 7.81. The van der Waals surface area contributed by atoms with Gasteiger partial charge in [0.1, 0.15) is 11.5 Å². The molecule has 29 heavy (non-hydrogen) atoms. The number of anilines is 1. The maximum Gasteiger partial charge on any atom is 0.295 e. The SMILES string of the molecule is COc1ccc(NS(=O)(=O)c2ccc(-c3nnc(C4CCCC4)o3)o2)c(OC)c1. The average molecular weight is 419 g/mol. The predicted molar refractivity (Wildman–Crippen MR) is 104 cm³/mol. The van der Waals surface area contributed by atoms with E-state index in [4.69, 9.17) is 18.3 Å². The Bertz CT molecular complexity index is 1100. The van der Waals surface area contributed by atoms with Gasteiger partial charge in [-0.05, 0) is 37.1 Å². The van der Waals surface area contributed by atoms with Crippen molar-refractivity contribution in [2.75, 3.05) is 18.9 Å². The van der Waals surface area contributed by atoms with Gasteiger partial charge in [0.25, 0.3) is 15.9 Å². The van der Waals surface area contributed by atoms with E-state index in [1.165, 1.54) is 26.4 Å². The molecule has 9 nitrogen and oxygen atoms in total. The van der Waals surface area contributed by atoms with Gasteiger partial charge in [0.15, 0.2) is 5.76 Å². The summed E-state index contributed by atoms with van der Waals surface area (Å²) in [5.74, 6) is 2.05. The molecule has 154 valence electrons. The zero-order chi connectivity index (χ0) is 20.4. The van der Waals surface area contributed by atoms with Crippen LogP contribution < -0.4 is 14.2 Å². The van der Waals surface area contributed by atoms with Crippen molar-refractivity contribution in [2.24, 2.45) is 0 Å². The van der Waals surface area contributed by atoms with Crippen LogP contribution >= 0.6 is 0 Å². The molecule has 1 aromatic carbocycles. The van der Waals surface area contributed by atoms with E-state index in [-0.39, 0.29) is 28.3 Å². The summed E-state index contributed by atoms with van der Waals surface area (Å²) < 4.78 is 49.4. The van der Waals surface area contributed by atoms with Crippen LogP contribution in [0.25, 0.3) is 11.7 Å². The number of hydrogen-bond donors (Lipinski definition) is 1. The lowest BCUT2D eigenvalue weighted by molar-refractivity contribution is 0.395. The lowest BCUT2D eigenvalue weighted by atomic mass is 10.1. The number of ether oxygens (including phenoxy) is 2. The van der Waals surface area contributed by atoms with Crippen molar-refractivity contribution in [3.8, 4) is 23.1 Å². The predicted octanol–water partition coefficient (Wildman–Crippen LogP) is 3.81. The summed E-state index contributed by atoms with van der Waals surface area (Å²) in [4.78, 5) is 0. The molecule has 1 saturated carbocycles. The third kappa shape index (κ3) is 3.93. The fraction of sp³-hybridized carbons (Fsp3) is 0.368. The second-order valence-corrected chi connectivity index (χ2v) is 8.33. The van der Waals surface area contributed by atoms with Gasteiger partial charge in [0, 0.05) is 12.0 Å². The molecule has 0 bridgehead atoms. The summed E-state index contributed by atoms with van der Waals surface area (Å²) in [6.07, 6.45) is 4.33. The number of hydrogen-bond acceptors (Lipinski definition) is 8. The molecule has 0 atom stereocenters. The van der Waals surface area contributed by atoms with E-state index in [2.05, 4.69) is 14.9 Å². The van der Waals surface area contributed by atoms with Crippen LogP contribution in [-0.4, -0.2) is 32.8 Å². The first-order chi connectivity index (χ1) is 14.0. The topological polar surface area (TPSA) is 117 Å². The number of benzene rings is 1. The summed E-state index contributed by atoms with van der Waals surface area (Å²) in [6, 6.07) is 7.58. The molecule has 2 heterocycles. The van der Waals surface area contributed by atoms with Gasteiger partial charge in [0.2, 0.25) is 11.0 Å². The summed E-state index contributed by atoms with van der Waals surface area (Å²) in [6.45, 7) is 0. The number of aromatic nitrogens is 2. The van der Waals surface area contributed by atoms with E-state index in [1.54, 1.807) is 18.2 Å². The van der Waals surface area contributed by atoms with Crippen LogP contribution in [-0.2, 0) is 10.0 Å². The van der Waals surface area contributed by atoms with Crippen molar-refractivity contribution in [3.05, 3.63) is 36.2 Å². The van der Waals surface area contributed by atoms with Crippen LogP contribution in [0.15, 0.2) is 44.3 Å². The van der Waals surface area contributed by atoms with Crippen LogP contribution in [0.3, 0.4) is 0 Å². The number of nitrogens with one attached hydrogen (secondary N) is 1. The maximum absolute atomic E-state index is 12.7. The Labute approximate surface area is 168 Å². The van der Waals surface area contributed by atoms with Crippen molar-refractivity contribution in [1.82, 2.24) is 10.2 Å². The fourth-order valence-electron chi connectivity index (χ4n) is 3.33. The third-order valence-corrected chi connectivity index (χ3v) is 6.09. The molecule has 4 rings (SSSR count). The van der Waals surface area contributed by atoms with Crippen LogP contribution in [0.5, 0.6) is 11.5 Å². The highest BCUT2D eigenvalue weighted by molar-refractivity contribution is 7.92. The molecule has 0 unspecified atom stereocenters. The third-order valence-electron chi connectivity index (χ3n) is 4.86. The standard InChI is InChI=1S/C19H21N3O6S/c1-25-13-7-8-14(16(11-13)26-2)22-29(23,24)17-10-9-15(27-17)19-21-20-18(28-19)12-5-3-4-6-12/h7-12,22H,3-6H2,1-2H3. The largest absolute Gasteiger partial charge is 0.497 e. The van der Waals surface area contributed by atoms with Crippen molar-refractivity contribution in [1.29, 1.82) is 0 Å². The summed E-state index contributed by atoms with van der Waals surface area (Å²) in [7, 11) is -1.04. The number of furan rings is 1. The van der Waals surface area contributed by atoms with Gasteiger partial charge in [-0.2, -0.15) is 8.42 Å². The molecule has 10 heteroatoms. The van der Waals surface area contributed by atoms with Crippen LogP contribution in [0.1, 0.15) is 37.5 Å². The zero-order valence-corrected chi connectivity index (χ0v) is 16.9. The number of rotatable bonds is 7. The molecular formula is C19H21N3O6S. The van der Waals surface area contributed by atoms with Crippen LogP contribution in [0, 0.1) is 0 Å². The Morgan fingerprint density at radius 2 is 1.83 bits per heavy atom. The molecule has 1 fully saturated rings. The quantitative estimate of drug-likeness (QED) is 0.614. The summed E-state index contributed by atoms with van der Waals surface area (Å²) in [5.41, 5.74) is 0.257. The van der Waals surface area contributed by atoms with Gasteiger partial charge in [0.05, 0.1) is 19.9 Å². The van der Waals surface area contributed by atoms with E-state index >= 15 is 0 Å². The van der Waals surface area contributed by atoms with Crippen molar-refractivity contribution < 1.29 is 26.7 Å². The number of nitrogens with zero attached hydrogens (tertiary/aromatic N) is 2. The van der Waals surface area contributed by atoms with Gasteiger partial charge in [-0.3, -0.25) is 4.72 Å². The first kappa shape index (κ1) is 19.3.